The lowest BCUT2D eigenvalue weighted by Gasteiger charge is -2.19. The zero-order valence-electron chi connectivity index (χ0n) is 20.9. The molecule has 4 aromatic rings. The summed E-state index contributed by atoms with van der Waals surface area (Å²) in [6, 6.07) is 22.8. The Balaban J connectivity index is 1.69. The van der Waals surface area contributed by atoms with Crippen LogP contribution in [0.5, 0.6) is 0 Å². The highest BCUT2D eigenvalue weighted by Gasteiger charge is 2.22. The molecule has 0 amide bonds. The number of aryl methyl sites for hydroxylation is 1. The number of hydrogen-bond acceptors (Lipinski definition) is 5. The highest BCUT2D eigenvalue weighted by Crippen LogP contribution is 2.37. The van der Waals surface area contributed by atoms with E-state index in [1.54, 1.807) is 6.26 Å². The summed E-state index contributed by atoms with van der Waals surface area (Å²) in [6.07, 6.45) is 1.67. The molecule has 0 unspecified atom stereocenters. The average Bonchev–Trinajstić information content (AvgIpc) is 3.38. The number of esters is 1. The van der Waals surface area contributed by atoms with Crippen LogP contribution in [0.2, 0.25) is 0 Å². The Bertz CT molecular complexity index is 1290. The Morgan fingerprint density at radius 2 is 1.60 bits per heavy atom. The minimum absolute atomic E-state index is 0.330. The van der Waals surface area contributed by atoms with Crippen LogP contribution in [-0.2, 0) is 11.3 Å². The molecule has 35 heavy (non-hydrogen) atoms. The minimum atomic E-state index is -0.330. The highest BCUT2D eigenvalue weighted by atomic mass is 16.5. The Morgan fingerprint density at radius 1 is 0.943 bits per heavy atom. The Hall–Kier alpha value is -3.99. The van der Waals surface area contributed by atoms with E-state index in [1.807, 2.05) is 50.2 Å². The molecule has 180 valence electrons. The summed E-state index contributed by atoms with van der Waals surface area (Å²) < 4.78 is 10.6. The van der Waals surface area contributed by atoms with E-state index in [1.165, 1.54) is 7.11 Å². The number of anilines is 2. The third-order valence-electron chi connectivity index (χ3n) is 6.05. The summed E-state index contributed by atoms with van der Waals surface area (Å²) >= 11 is 0. The van der Waals surface area contributed by atoms with E-state index in [0.717, 1.165) is 50.5 Å². The first kappa shape index (κ1) is 24.1. The van der Waals surface area contributed by atoms with Crippen molar-refractivity contribution in [3.63, 3.8) is 0 Å². The molecule has 0 aliphatic heterocycles. The van der Waals surface area contributed by atoms with Crippen LogP contribution in [0.3, 0.4) is 0 Å². The van der Waals surface area contributed by atoms with Crippen molar-refractivity contribution in [2.75, 3.05) is 17.7 Å². The van der Waals surface area contributed by atoms with Crippen molar-refractivity contribution in [2.24, 2.45) is 0 Å². The summed E-state index contributed by atoms with van der Waals surface area (Å²) in [5.41, 5.74) is 8.54. The maximum absolute atomic E-state index is 13.0. The minimum Gasteiger partial charge on any atom is -0.467 e. The molecule has 3 aromatic carbocycles. The van der Waals surface area contributed by atoms with Gasteiger partial charge in [0.05, 0.1) is 25.5 Å². The van der Waals surface area contributed by atoms with Gasteiger partial charge in [-0.05, 0) is 97.5 Å². The van der Waals surface area contributed by atoms with Crippen molar-refractivity contribution in [3.05, 3.63) is 95.4 Å². The maximum atomic E-state index is 13.0. The number of methoxy groups -OCH3 is 1. The molecular formula is C30H32N2O3. The fourth-order valence-electron chi connectivity index (χ4n) is 4.38. The smallest absolute Gasteiger partial charge is 0.338 e. The van der Waals surface area contributed by atoms with Crippen molar-refractivity contribution in [1.29, 1.82) is 0 Å². The molecule has 0 spiro atoms. The lowest BCUT2D eigenvalue weighted by molar-refractivity contribution is 0.0600. The molecule has 0 radical (unpaired) electrons. The van der Waals surface area contributed by atoms with Gasteiger partial charge in [-0.15, -0.1) is 0 Å². The molecule has 0 aliphatic carbocycles. The van der Waals surface area contributed by atoms with Gasteiger partial charge >= 0.3 is 5.97 Å². The number of furan rings is 1. The standard InChI is InChI=1S/C30H32N2O3/c1-19(2)32-25-14-10-23(11-15-25)28-20(3)17-27(21(4)29(28)30(33)34-5)22-8-12-24(13-9-22)31-18-26-7-6-16-35-26/h6-17,19,31-32H,18H2,1-5H3. The SMILES string of the molecule is COC(=O)c1c(C)c(-c2ccc(NCc3ccco3)cc2)cc(C)c1-c1ccc(NC(C)C)cc1. The summed E-state index contributed by atoms with van der Waals surface area (Å²) in [4.78, 5) is 13.0. The molecule has 0 aliphatic rings. The van der Waals surface area contributed by atoms with Crippen molar-refractivity contribution < 1.29 is 13.9 Å². The fraction of sp³-hybridized carbons (Fsp3) is 0.233. The van der Waals surface area contributed by atoms with Crippen LogP contribution < -0.4 is 10.6 Å². The fourth-order valence-corrected chi connectivity index (χ4v) is 4.38. The van der Waals surface area contributed by atoms with Crippen molar-refractivity contribution in [1.82, 2.24) is 0 Å². The van der Waals surface area contributed by atoms with Crippen LogP contribution in [0.4, 0.5) is 11.4 Å². The Kier molecular flexibility index (Phi) is 7.25. The summed E-state index contributed by atoms with van der Waals surface area (Å²) in [5, 5.41) is 6.77. The summed E-state index contributed by atoms with van der Waals surface area (Å²) in [5.74, 6) is 0.551. The maximum Gasteiger partial charge on any atom is 0.338 e. The molecule has 0 saturated heterocycles. The molecule has 4 rings (SSSR count). The van der Waals surface area contributed by atoms with Gasteiger partial charge in [-0.2, -0.15) is 0 Å². The van der Waals surface area contributed by atoms with Crippen molar-refractivity contribution >= 4 is 17.3 Å². The Labute approximate surface area is 207 Å². The van der Waals surface area contributed by atoms with E-state index in [-0.39, 0.29) is 5.97 Å². The molecule has 0 saturated carbocycles. The number of hydrogen-bond donors (Lipinski definition) is 2. The molecule has 1 heterocycles. The van der Waals surface area contributed by atoms with Crippen LogP contribution in [0.15, 0.2) is 77.4 Å². The predicted molar refractivity (Wildman–Crippen MR) is 143 cm³/mol. The normalized spacial score (nSPS) is 10.9. The second-order valence-corrected chi connectivity index (χ2v) is 8.99. The number of carbonyl (C=O) groups is 1. The van der Waals surface area contributed by atoms with E-state index < -0.39 is 0 Å². The average molecular weight is 469 g/mol. The van der Waals surface area contributed by atoms with Gasteiger partial charge in [-0.1, -0.05) is 30.3 Å². The molecular weight excluding hydrogens is 436 g/mol. The van der Waals surface area contributed by atoms with E-state index in [0.29, 0.717) is 18.2 Å². The van der Waals surface area contributed by atoms with Crippen LogP contribution in [0, 0.1) is 13.8 Å². The molecule has 2 N–H and O–H groups in total. The number of benzene rings is 3. The van der Waals surface area contributed by atoms with Crippen LogP contribution in [0.25, 0.3) is 22.3 Å². The topological polar surface area (TPSA) is 63.5 Å². The lowest BCUT2D eigenvalue weighted by Crippen LogP contribution is -2.10. The zero-order chi connectivity index (χ0) is 24.9. The van der Waals surface area contributed by atoms with Gasteiger partial charge in [0.25, 0.3) is 0 Å². The van der Waals surface area contributed by atoms with Crippen LogP contribution in [-0.4, -0.2) is 19.1 Å². The van der Waals surface area contributed by atoms with Gasteiger partial charge in [-0.25, -0.2) is 4.79 Å². The first-order chi connectivity index (χ1) is 16.9. The first-order valence-corrected chi connectivity index (χ1v) is 11.8. The van der Waals surface area contributed by atoms with E-state index in [9.17, 15) is 4.79 Å². The van der Waals surface area contributed by atoms with Gasteiger partial charge in [0.2, 0.25) is 0 Å². The third kappa shape index (κ3) is 5.40. The number of ether oxygens (including phenoxy) is 1. The number of carbonyl (C=O) groups excluding carboxylic acids is 1. The number of nitrogens with one attached hydrogen (secondary N) is 2. The quantitative estimate of drug-likeness (QED) is 0.263. The Morgan fingerprint density at radius 3 is 2.20 bits per heavy atom. The highest BCUT2D eigenvalue weighted by molar-refractivity contribution is 6.02. The van der Waals surface area contributed by atoms with Crippen molar-refractivity contribution in [2.45, 2.75) is 40.3 Å². The van der Waals surface area contributed by atoms with Crippen LogP contribution in [0.1, 0.15) is 41.1 Å². The summed E-state index contributed by atoms with van der Waals surface area (Å²) in [6.45, 7) is 8.87. The number of rotatable bonds is 8. The monoisotopic (exact) mass is 468 g/mol. The summed E-state index contributed by atoms with van der Waals surface area (Å²) in [7, 11) is 1.43. The zero-order valence-corrected chi connectivity index (χ0v) is 20.9. The van der Waals surface area contributed by atoms with E-state index >= 15 is 0 Å². The predicted octanol–water partition coefficient (Wildman–Crippen LogP) is 7.45. The van der Waals surface area contributed by atoms with Gasteiger partial charge in [-0.3, -0.25) is 0 Å². The van der Waals surface area contributed by atoms with Gasteiger partial charge in [0.15, 0.2) is 0 Å². The molecule has 0 bridgehead atoms. The van der Waals surface area contributed by atoms with Gasteiger partial charge < -0.3 is 19.8 Å². The molecule has 1 aromatic heterocycles. The molecule has 0 atom stereocenters. The largest absolute Gasteiger partial charge is 0.467 e. The van der Waals surface area contributed by atoms with E-state index in [2.05, 4.69) is 54.8 Å². The first-order valence-electron chi connectivity index (χ1n) is 11.8. The second kappa shape index (κ2) is 10.5. The van der Waals surface area contributed by atoms with E-state index in [4.69, 9.17) is 9.15 Å². The molecule has 5 heteroatoms. The van der Waals surface area contributed by atoms with Gasteiger partial charge in [0, 0.05) is 17.4 Å². The second-order valence-electron chi connectivity index (χ2n) is 8.99. The van der Waals surface area contributed by atoms with Crippen LogP contribution >= 0.6 is 0 Å². The lowest BCUT2D eigenvalue weighted by atomic mass is 9.86. The third-order valence-corrected chi connectivity index (χ3v) is 6.05. The molecule has 0 fully saturated rings. The molecule has 5 nitrogen and oxygen atoms in total. The van der Waals surface area contributed by atoms with Crippen molar-refractivity contribution in [3.8, 4) is 22.3 Å². The van der Waals surface area contributed by atoms with Gasteiger partial charge in [0.1, 0.15) is 5.76 Å².